The summed E-state index contributed by atoms with van der Waals surface area (Å²) in [6.45, 7) is 3.77. The van der Waals surface area contributed by atoms with Gasteiger partial charge in [0.1, 0.15) is 11.6 Å². The summed E-state index contributed by atoms with van der Waals surface area (Å²) in [4.78, 5) is 26.4. The number of benzene rings is 1. The molecule has 3 atom stereocenters. The van der Waals surface area contributed by atoms with Gasteiger partial charge in [-0.25, -0.2) is 0 Å². The molecule has 0 saturated carbocycles. The molecule has 6 heteroatoms. The second kappa shape index (κ2) is 6.72. The standard InChI is InChI=1S/C19H23N3O2S/c1-18(13-20,10-8-14-6-4-3-5-7-14)21-17(24)15-12-25-19(2)11-9-16(23)22(15)19/h3-7,15H,8-12H2,1-2H3,(H,21,24)/t15-,18-,19+/m1/s1. The van der Waals surface area contributed by atoms with E-state index in [1.807, 2.05) is 37.3 Å². The van der Waals surface area contributed by atoms with Gasteiger partial charge in [-0.2, -0.15) is 5.26 Å². The molecule has 0 aromatic heterocycles. The Morgan fingerprint density at radius 3 is 2.88 bits per heavy atom. The predicted octanol–water partition coefficient (Wildman–Crippen LogP) is 2.47. The minimum atomic E-state index is -0.945. The summed E-state index contributed by atoms with van der Waals surface area (Å²) in [5.41, 5.74) is 0.191. The molecule has 3 rings (SSSR count). The van der Waals surface area contributed by atoms with Gasteiger partial charge in [0.15, 0.2) is 0 Å². The summed E-state index contributed by atoms with van der Waals surface area (Å²) < 4.78 is 0. The fourth-order valence-corrected chi connectivity index (χ4v) is 4.99. The van der Waals surface area contributed by atoms with Crippen molar-refractivity contribution in [2.75, 3.05) is 5.75 Å². The largest absolute Gasteiger partial charge is 0.336 e. The number of carbonyl (C=O) groups excluding carboxylic acids is 2. The van der Waals surface area contributed by atoms with Gasteiger partial charge in [-0.05, 0) is 38.7 Å². The molecule has 0 radical (unpaired) electrons. The van der Waals surface area contributed by atoms with Crippen molar-refractivity contribution in [1.82, 2.24) is 10.2 Å². The van der Waals surface area contributed by atoms with Gasteiger partial charge in [-0.1, -0.05) is 30.3 Å². The van der Waals surface area contributed by atoms with E-state index in [1.165, 1.54) is 0 Å². The highest BCUT2D eigenvalue weighted by molar-refractivity contribution is 8.01. The summed E-state index contributed by atoms with van der Waals surface area (Å²) in [7, 11) is 0. The summed E-state index contributed by atoms with van der Waals surface area (Å²) in [5.74, 6) is 0.410. The van der Waals surface area contributed by atoms with Crippen molar-refractivity contribution in [3.8, 4) is 6.07 Å². The number of thioether (sulfide) groups is 1. The third-order valence-electron chi connectivity index (χ3n) is 5.15. The first-order valence-corrected chi connectivity index (χ1v) is 9.59. The Balaban J connectivity index is 1.66. The average molecular weight is 357 g/mol. The molecule has 2 fully saturated rings. The number of hydrogen-bond donors (Lipinski definition) is 1. The van der Waals surface area contributed by atoms with Crippen LogP contribution in [0.3, 0.4) is 0 Å². The number of nitriles is 1. The molecule has 1 aromatic carbocycles. The van der Waals surface area contributed by atoms with Gasteiger partial charge in [0.05, 0.1) is 10.9 Å². The molecule has 0 aliphatic carbocycles. The van der Waals surface area contributed by atoms with E-state index in [4.69, 9.17) is 0 Å². The van der Waals surface area contributed by atoms with Crippen molar-refractivity contribution in [3.05, 3.63) is 35.9 Å². The van der Waals surface area contributed by atoms with Crippen molar-refractivity contribution in [3.63, 3.8) is 0 Å². The van der Waals surface area contributed by atoms with Gasteiger partial charge < -0.3 is 10.2 Å². The molecule has 2 amide bonds. The van der Waals surface area contributed by atoms with Crippen LogP contribution in [0.1, 0.15) is 38.7 Å². The van der Waals surface area contributed by atoms with E-state index in [1.54, 1.807) is 23.6 Å². The van der Waals surface area contributed by atoms with Crippen molar-refractivity contribution < 1.29 is 9.59 Å². The first kappa shape index (κ1) is 17.8. The van der Waals surface area contributed by atoms with Gasteiger partial charge in [-0.3, -0.25) is 9.59 Å². The number of amides is 2. The molecule has 25 heavy (non-hydrogen) atoms. The van der Waals surface area contributed by atoms with Crippen molar-refractivity contribution in [2.45, 2.75) is 56.0 Å². The lowest BCUT2D eigenvalue weighted by molar-refractivity contribution is -0.138. The van der Waals surface area contributed by atoms with Crippen LogP contribution in [-0.2, 0) is 16.0 Å². The maximum absolute atomic E-state index is 12.8. The Kier molecular flexibility index (Phi) is 4.79. The van der Waals surface area contributed by atoms with Crippen LogP contribution < -0.4 is 5.32 Å². The molecule has 0 spiro atoms. The zero-order valence-electron chi connectivity index (χ0n) is 14.6. The van der Waals surface area contributed by atoms with E-state index >= 15 is 0 Å². The van der Waals surface area contributed by atoms with E-state index in [9.17, 15) is 14.9 Å². The van der Waals surface area contributed by atoms with E-state index < -0.39 is 11.6 Å². The first-order valence-electron chi connectivity index (χ1n) is 8.60. The van der Waals surface area contributed by atoms with Gasteiger partial charge >= 0.3 is 0 Å². The quantitative estimate of drug-likeness (QED) is 0.879. The van der Waals surface area contributed by atoms with Crippen LogP contribution in [0.25, 0.3) is 0 Å². The zero-order valence-corrected chi connectivity index (χ0v) is 15.4. The molecule has 0 bridgehead atoms. The third-order valence-corrected chi connectivity index (χ3v) is 6.65. The van der Waals surface area contributed by atoms with E-state index in [0.29, 0.717) is 25.0 Å². The van der Waals surface area contributed by atoms with Crippen LogP contribution in [0.15, 0.2) is 30.3 Å². The number of nitrogens with one attached hydrogen (secondary N) is 1. The van der Waals surface area contributed by atoms with E-state index in [2.05, 4.69) is 11.4 Å². The van der Waals surface area contributed by atoms with Crippen LogP contribution in [0.5, 0.6) is 0 Å². The number of fused-ring (bicyclic) bond motifs is 1. The fraction of sp³-hybridized carbons (Fsp3) is 0.526. The normalized spacial score (nSPS) is 27.5. The average Bonchev–Trinajstić information content (AvgIpc) is 3.10. The first-order chi connectivity index (χ1) is 11.9. The number of rotatable bonds is 5. The summed E-state index contributed by atoms with van der Waals surface area (Å²) in [5, 5.41) is 12.5. The van der Waals surface area contributed by atoms with Gasteiger partial charge in [0.2, 0.25) is 11.8 Å². The fourth-order valence-electron chi connectivity index (χ4n) is 3.56. The van der Waals surface area contributed by atoms with Gasteiger partial charge in [0, 0.05) is 12.2 Å². The summed E-state index contributed by atoms with van der Waals surface area (Å²) >= 11 is 1.66. The van der Waals surface area contributed by atoms with Crippen LogP contribution >= 0.6 is 11.8 Å². The number of hydrogen-bond acceptors (Lipinski definition) is 4. The van der Waals surface area contributed by atoms with Crippen LogP contribution in [0.4, 0.5) is 0 Å². The molecule has 2 heterocycles. The lowest BCUT2D eigenvalue weighted by Crippen LogP contribution is -2.55. The Morgan fingerprint density at radius 2 is 2.20 bits per heavy atom. The maximum Gasteiger partial charge on any atom is 0.244 e. The molecule has 1 aromatic rings. The summed E-state index contributed by atoms with van der Waals surface area (Å²) in [6, 6.07) is 11.7. The Hall–Kier alpha value is -2.00. The molecule has 5 nitrogen and oxygen atoms in total. The van der Waals surface area contributed by atoms with Crippen molar-refractivity contribution >= 4 is 23.6 Å². The molecule has 1 N–H and O–H groups in total. The summed E-state index contributed by atoms with van der Waals surface area (Å²) in [6.07, 6.45) is 2.52. The van der Waals surface area contributed by atoms with Gasteiger partial charge in [0.25, 0.3) is 0 Å². The van der Waals surface area contributed by atoms with Gasteiger partial charge in [-0.15, -0.1) is 11.8 Å². The molecule has 132 valence electrons. The maximum atomic E-state index is 12.8. The monoisotopic (exact) mass is 357 g/mol. The smallest absolute Gasteiger partial charge is 0.244 e. The molecular weight excluding hydrogens is 334 g/mol. The third kappa shape index (κ3) is 3.52. The highest BCUT2D eigenvalue weighted by Crippen LogP contribution is 2.47. The van der Waals surface area contributed by atoms with Crippen LogP contribution in [0, 0.1) is 11.3 Å². The minimum Gasteiger partial charge on any atom is -0.336 e. The predicted molar refractivity (Wildman–Crippen MR) is 97.7 cm³/mol. The number of aryl methyl sites for hydroxylation is 1. The van der Waals surface area contributed by atoms with Crippen LogP contribution in [0.2, 0.25) is 0 Å². The number of carbonyl (C=O) groups is 2. The second-order valence-corrected chi connectivity index (χ2v) is 8.69. The minimum absolute atomic E-state index is 0.0376. The van der Waals surface area contributed by atoms with E-state index in [0.717, 1.165) is 12.0 Å². The second-order valence-electron chi connectivity index (χ2n) is 7.18. The Labute approximate surface area is 152 Å². The molecule has 0 unspecified atom stereocenters. The highest BCUT2D eigenvalue weighted by atomic mass is 32.2. The van der Waals surface area contributed by atoms with Crippen molar-refractivity contribution in [2.24, 2.45) is 0 Å². The molecule has 2 aliphatic heterocycles. The number of nitrogens with zero attached hydrogens (tertiary/aromatic N) is 2. The highest BCUT2D eigenvalue weighted by Gasteiger charge is 2.53. The Morgan fingerprint density at radius 1 is 1.48 bits per heavy atom. The van der Waals surface area contributed by atoms with Crippen molar-refractivity contribution in [1.29, 1.82) is 5.26 Å². The Bertz CT molecular complexity index is 717. The lowest BCUT2D eigenvalue weighted by atomic mass is 9.94. The lowest BCUT2D eigenvalue weighted by Gasteiger charge is -2.32. The molecular formula is C19H23N3O2S. The molecule has 2 saturated heterocycles. The topological polar surface area (TPSA) is 73.2 Å². The van der Waals surface area contributed by atoms with Crippen LogP contribution in [-0.4, -0.2) is 38.9 Å². The SMILES string of the molecule is C[C@](C#N)(CCc1ccccc1)NC(=O)[C@H]1CS[C@@]2(C)CCC(=O)N12. The molecule has 2 aliphatic rings. The van der Waals surface area contributed by atoms with E-state index in [-0.39, 0.29) is 16.7 Å². The zero-order chi connectivity index (χ0) is 18.1.